The van der Waals surface area contributed by atoms with Gasteiger partial charge in [0.25, 0.3) is 5.91 Å². The maximum Gasteiger partial charge on any atom is 0.261 e. The molecule has 0 bridgehead atoms. The average Bonchev–Trinajstić information content (AvgIpc) is 2.79. The Morgan fingerprint density at radius 2 is 2.04 bits per heavy atom. The summed E-state index contributed by atoms with van der Waals surface area (Å²) >= 11 is 0. The van der Waals surface area contributed by atoms with Crippen molar-refractivity contribution in [2.75, 3.05) is 26.9 Å². The molecule has 1 N–H and O–H groups in total. The van der Waals surface area contributed by atoms with Crippen LogP contribution in [0.4, 0.5) is 0 Å². The number of fused-ring (bicyclic) bond motifs is 1. The number of methoxy groups -OCH3 is 1. The van der Waals surface area contributed by atoms with Crippen LogP contribution in [-0.2, 0) is 14.3 Å². The van der Waals surface area contributed by atoms with Crippen LogP contribution in [-0.4, -0.2) is 49.6 Å². The lowest BCUT2D eigenvalue weighted by Gasteiger charge is -2.38. The molecule has 1 aliphatic heterocycles. The largest absolute Gasteiger partial charge is 0.483 e. The normalized spacial score (nSPS) is 21.2. The van der Waals surface area contributed by atoms with E-state index in [0.29, 0.717) is 18.9 Å². The molecular weight excluding hydrogens is 320 g/mol. The van der Waals surface area contributed by atoms with E-state index < -0.39 is 6.04 Å². The third kappa shape index (κ3) is 3.95. The van der Waals surface area contributed by atoms with E-state index in [9.17, 15) is 9.59 Å². The molecule has 25 heavy (non-hydrogen) atoms. The molecule has 1 unspecified atom stereocenters. The van der Waals surface area contributed by atoms with Crippen LogP contribution in [0.3, 0.4) is 0 Å². The monoisotopic (exact) mass is 346 g/mol. The summed E-state index contributed by atoms with van der Waals surface area (Å²) in [6.45, 7) is 0.838. The highest BCUT2D eigenvalue weighted by atomic mass is 16.5. The summed E-state index contributed by atoms with van der Waals surface area (Å²) in [5.74, 6) is 0.324. The van der Waals surface area contributed by atoms with Crippen molar-refractivity contribution in [1.82, 2.24) is 10.2 Å². The number of amides is 2. The summed E-state index contributed by atoms with van der Waals surface area (Å²) in [5, 5.41) is 2.90. The van der Waals surface area contributed by atoms with Crippen molar-refractivity contribution in [3.05, 3.63) is 29.8 Å². The summed E-state index contributed by atoms with van der Waals surface area (Å²) in [7, 11) is 1.60. The summed E-state index contributed by atoms with van der Waals surface area (Å²) < 4.78 is 10.7. The van der Waals surface area contributed by atoms with Crippen molar-refractivity contribution in [2.45, 2.75) is 44.2 Å². The summed E-state index contributed by atoms with van der Waals surface area (Å²) in [4.78, 5) is 27.6. The second-order valence-corrected chi connectivity index (χ2v) is 6.61. The fourth-order valence-corrected chi connectivity index (χ4v) is 3.76. The van der Waals surface area contributed by atoms with E-state index in [1.54, 1.807) is 12.0 Å². The number of nitrogens with zero attached hydrogens (tertiary/aromatic N) is 1. The molecule has 6 nitrogen and oxygen atoms in total. The number of rotatable bonds is 5. The van der Waals surface area contributed by atoms with E-state index >= 15 is 0 Å². The molecule has 2 amide bonds. The molecular formula is C19H26N2O4. The zero-order valence-corrected chi connectivity index (χ0v) is 14.7. The zero-order chi connectivity index (χ0) is 17.6. The van der Waals surface area contributed by atoms with Crippen LogP contribution in [0.2, 0.25) is 0 Å². The van der Waals surface area contributed by atoms with Gasteiger partial charge < -0.3 is 19.7 Å². The molecule has 3 rings (SSSR count). The molecule has 0 saturated heterocycles. The van der Waals surface area contributed by atoms with Gasteiger partial charge in [-0.1, -0.05) is 37.5 Å². The van der Waals surface area contributed by atoms with Gasteiger partial charge in [0.15, 0.2) is 6.61 Å². The van der Waals surface area contributed by atoms with E-state index in [1.807, 2.05) is 24.3 Å². The minimum absolute atomic E-state index is 0.0185. The third-order valence-electron chi connectivity index (χ3n) is 4.95. The highest BCUT2D eigenvalue weighted by molar-refractivity contribution is 5.90. The van der Waals surface area contributed by atoms with Crippen LogP contribution < -0.4 is 10.1 Å². The van der Waals surface area contributed by atoms with Gasteiger partial charge in [-0.25, -0.2) is 0 Å². The van der Waals surface area contributed by atoms with Crippen LogP contribution in [0.1, 0.15) is 43.7 Å². The van der Waals surface area contributed by atoms with Gasteiger partial charge in [0.05, 0.1) is 6.61 Å². The first-order valence-corrected chi connectivity index (χ1v) is 9.02. The molecule has 1 heterocycles. The smallest absolute Gasteiger partial charge is 0.261 e. The number of benzene rings is 1. The summed E-state index contributed by atoms with van der Waals surface area (Å²) in [6, 6.07) is 6.89. The van der Waals surface area contributed by atoms with Gasteiger partial charge >= 0.3 is 0 Å². The molecule has 1 aliphatic carbocycles. The SMILES string of the molecule is COCCNC(=O)C1c2ccccc2OCC(=O)N1C1CCCCC1. The van der Waals surface area contributed by atoms with Crippen molar-refractivity contribution in [3.63, 3.8) is 0 Å². The predicted molar refractivity (Wildman–Crippen MR) is 93.3 cm³/mol. The fourth-order valence-electron chi connectivity index (χ4n) is 3.76. The molecule has 1 aromatic rings. The maximum atomic E-state index is 13.0. The van der Waals surface area contributed by atoms with E-state index in [1.165, 1.54) is 6.42 Å². The van der Waals surface area contributed by atoms with Crippen molar-refractivity contribution < 1.29 is 19.1 Å². The number of para-hydroxylation sites is 1. The molecule has 0 radical (unpaired) electrons. The van der Waals surface area contributed by atoms with Crippen LogP contribution in [0.25, 0.3) is 0 Å². The topological polar surface area (TPSA) is 67.9 Å². The van der Waals surface area contributed by atoms with Crippen LogP contribution in [0.5, 0.6) is 5.75 Å². The summed E-state index contributed by atoms with van der Waals surface area (Å²) in [5.41, 5.74) is 0.758. The average molecular weight is 346 g/mol. The molecule has 1 saturated carbocycles. The Hall–Kier alpha value is -2.08. The number of hydrogen-bond donors (Lipinski definition) is 1. The van der Waals surface area contributed by atoms with Crippen LogP contribution in [0.15, 0.2) is 24.3 Å². The minimum atomic E-state index is -0.647. The first-order chi connectivity index (χ1) is 12.2. The Morgan fingerprint density at radius 1 is 1.28 bits per heavy atom. The number of hydrogen-bond acceptors (Lipinski definition) is 4. The van der Waals surface area contributed by atoms with Crippen LogP contribution >= 0.6 is 0 Å². The Balaban J connectivity index is 1.93. The van der Waals surface area contributed by atoms with Gasteiger partial charge in [0.1, 0.15) is 11.8 Å². The van der Waals surface area contributed by atoms with Crippen molar-refractivity contribution >= 4 is 11.8 Å². The van der Waals surface area contributed by atoms with E-state index in [0.717, 1.165) is 31.2 Å². The second-order valence-electron chi connectivity index (χ2n) is 6.61. The van der Waals surface area contributed by atoms with Gasteiger partial charge in [-0.05, 0) is 18.9 Å². The van der Waals surface area contributed by atoms with Gasteiger partial charge in [0, 0.05) is 25.3 Å². The Labute approximate surface area is 148 Å². The lowest BCUT2D eigenvalue weighted by molar-refractivity contribution is -0.145. The number of nitrogens with one attached hydrogen (secondary N) is 1. The van der Waals surface area contributed by atoms with Crippen molar-refractivity contribution in [2.24, 2.45) is 0 Å². The molecule has 1 aromatic carbocycles. The van der Waals surface area contributed by atoms with Crippen molar-refractivity contribution in [3.8, 4) is 5.75 Å². The zero-order valence-electron chi connectivity index (χ0n) is 14.7. The molecule has 0 spiro atoms. The Kier molecular flexibility index (Phi) is 5.91. The van der Waals surface area contributed by atoms with Gasteiger partial charge in [-0.3, -0.25) is 9.59 Å². The van der Waals surface area contributed by atoms with E-state index in [4.69, 9.17) is 9.47 Å². The van der Waals surface area contributed by atoms with Crippen molar-refractivity contribution in [1.29, 1.82) is 0 Å². The fraction of sp³-hybridized carbons (Fsp3) is 0.579. The first-order valence-electron chi connectivity index (χ1n) is 9.02. The predicted octanol–water partition coefficient (Wildman–Crippen LogP) is 2.04. The number of carbonyl (C=O) groups is 2. The van der Waals surface area contributed by atoms with E-state index in [-0.39, 0.29) is 24.5 Å². The lowest BCUT2D eigenvalue weighted by atomic mass is 9.91. The quantitative estimate of drug-likeness (QED) is 0.829. The standard InChI is InChI=1S/C19H26N2O4/c1-24-12-11-20-19(23)18-15-9-5-6-10-16(15)25-13-17(22)21(18)14-7-3-2-4-8-14/h5-6,9-10,14,18H,2-4,7-8,11-13H2,1H3,(H,20,23). The molecule has 1 atom stereocenters. The summed E-state index contributed by atoms with van der Waals surface area (Å²) in [6.07, 6.45) is 5.26. The lowest BCUT2D eigenvalue weighted by Crippen LogP contribution is -2.50. The number of ether oxygens (including phenoxy) is 2. The second kappa shape index (κ2) is 8.34. The molecule has 0 aromatic heterocycles. The first kappa shape index (κ1) is 17.7. The molecule has 1 fully saturated rings. The number of carbonyl (C=O) groups excluding carboxylic acids is 2. The minimum Gasteiger partial charge on any atom is -0.483 e. The van der Waals surface area contributed by atoms with E-state index in [2.05, 4.69) is 5.32 Å². The molecule has 136 valence electrons. The maximum absolute atomic E-state index is 13.0. The Bertz CT molecular complexity index is 613. The third-order valence-corrected chi connectivity index (χ3v) is 4.95. The van der Waals surface area contributed by atoms with Gasteiger partial charge in [-0.15, -0.1) is 0 Å². The highest BCUT2D eigenvalue weighted by Crippen LogP contribution is 2.36. The Morgan fingerprint density at radius 3 is 2.80 bits per heavy atom. The molecule has 2 aliphatic rings. The van der Waals surface area contributed by atoms with Gasteiger partial charge in [0.2, 0.25) is 5.91 Å². The molecule has 6 heteroatoms. The van der Waals surface area contributed by atoms with Gasteiger partial charge in [-0.2, -0.15) is 0 Å². The highest BCUT2D eigenvalue weighted by Gasteiger charge is 2.40. The van der Waals surface area contributed by atoms with Crippen LogP contribution in [0, 0.1) is 0 Å².